The number of rotatable bonds is 4. The monoisotopic (exact) mass is 368 g/mol. The highest BCUT2D eigenvalue weighted by Gasteiger charge is 2.54. The highest BCUT2D eigenvalue weighted by Crippen LogP contribution is 2.64. The number of para-hydroxylation sites is 1. The predicted molar refractivity (Wildman–Crippen MR) is 115 cm³/mol. The van der Waals surface area contributed by atoms with E-state index in [0.29, 0.717) is 11.5 Å². The van der Waals surface area contributed by atoms with Gasteiger partial charge in [-0.3, -0.25) is 4.98 Å². The van der Waals surface area contributed by atoms with Crippen molar-refractivity contribution in [2.24, 2.45) is 23.2 Å². The van der Waals surface area contributed by atoms with E-state index in [-0.39, 0.29) is 0 Å². The number of benzene rings is 2. The molecule has 4 fully saturated rings. The van der Waals surface area contributed by atoms with Crippen molar-refractivity contribution in [3.05, 3.63) is 72.4 Å². The molecule has 142 valence electrons. The quantitative estimate of drug-likeness (QED) is 0.561. The van der Waals surface area contributed by atoms with E-state index < -0.39 is 0 Å². The molecule has 0 spiro atoms. The lowest BCUT2D eigenvalue weighted by Crippen LogP contribution is -2.50. The first-order chi connectivity index (χ1) is 13.8. The maximum atomic E-state index is 4.57. The summed E-state index contributed by atoms with van der Waals surface area (Å²) in [5, 5.41) is 5.29. The van der Waals surface area contributed by atoms with Crippen LogP contribution in [0.2, 0.25) is 0 Å². The lowest BCUT2D eigenvalue weighted by atomic mass is 9.47. The Labute approximate surface area is 167 Å². The Morgan fingerprint density at radius 3 is 2.14 bits per heavy atom. The second kappa shape index (κ2) is 6.34. The van der Waals surface area contributed by atoms with Gasteiger partial charge in [0.15, 0.2) is 0 Å². The molecule has 4 aliphatic carbocycles. The van der Waals surface area contributed by atoms with Crippen LogP contribution in [0.5, 0.6) is 0 Å². The molecule has 4 saturated carbocycles. The van der Waals surface area contributed by atoms with Gasteiger partial charge in [-0.1, -0.05) is 48.5 Å². The van der Waals surface area contributed by atoms with Crippen molar-refractivity contribution in [2.75, 3.05) is 5.32 Å². The van der Waals surface area contributed by atoms with Crippen molar-refractivity contribution in [3.8, 4) is 0 Å². The van der Waals surface area contributed by atoms with Gasteiger partial charge in [-0.15, -0.1) is 0 Å². The van der Waals surface area contributed by atoms with Gasteiger partial charge in [0, 0.05) is 17.3 Å². The van der Waals surface area contributed by atoms with E-state index >= 15 is 0 Å². The zero-order valence-corrected chi connectivity index (χ0v) is 16.4. The zero-order chi connectivity index (χ0) is 18.6. The third-order valence-electron chi connectivity index (χ3n) is 7.78. The molecule has 2 nitrogen and oxygen atoms in total. The number of fused-ring (bicyclic) bond motifs is 1. The summed E-state index contributed by atoms with van der Waals surface area (Å²) in [6.07, 6.45) is 10.6. The Morgan fingerprint density at radius 2 is 1.43 bits per heavy atom. The van der Waals surface area contributed by atoms with Gasteiger partial charge in [0.25, 0.3) is 0 Å². The van der Waals surface area contributed by atoms with Crippen molar-refractivity contribution in [1.82, 2.24) is 4.98 Å². The van der Waals surface area contributed by atoms with Crippen molar-refractivity contribution >= 4 is 16.6 Å². The van der Waals surface area contributed by atoms with Crippen LogP contribution in [0.25, 0.3) is 10.9 Å². The van der Waals surface area contributed by atoms with Crippen LogP contribution in [0.1, 0.15) is 50.1 Å². The molecule has 3 aromatic rings. The van der Waals surface area contributed by atoms with Gasteiger partial charge in [0.2, 0.25) is 0 Å². The molecule has 4 bridgehead atoms. The van der Waals surface area contributed by atoms with Crippen LogP contribution in [-0.2, 0) is 0 Å². The van der Waals surface area contributed by atoms with Crippen LogP contribution >= 0.6 is 0 Å². The SMILES string of the molecule is c1ccc(C(Nc2ccnc3ccccc23)C23CC4CC(CC(C4)C2)C3)cc1. The Kier molecular flexibility index (Phi) is 3.75. The number of nitrogens with one attached hydrogen (secondary N) is 1. The van der Waals surface area contributed by atoms with Crippen LogP contribution in [0, 0.1) is 23.2 Å². The Hall–Kier alpha value is -2.35. The minimum absolute atomic E-state index is 0.382. The number of nitrogens with zero attached hydrogens (tertiary/aromatic N) is 1. The van der Waals surface area contributed by atoms with E-state index in [0.717, 1.165) is 23.3 Å². The van der Waals surface area contributed by atoms with Crippen molar-refractivity contribution in [2.45, 2.75) is 44.6 Å². The summed E-state index contributed by atoms with van der Waals surface area (Å²) in [4.78, 5) is 4.57. The molecule has 1 unspecified atom stereocenters. The average molecular weight is 369 g/mol. The molecule has 2 heteroatoms. The first-order valence-electron chi connectivity index (χ1n) is 10.9. The number of hydrogen-bond donors (Lipinski definition) is 1. The van der Waals surface area contributed by atoms with Gasteiger partial charge in [-0.25, -0.2) is 0 Å². The molecule has 0 amide bonds. The number of anilines is 1. The molecular weight excluding hydrogens is 340 g/mol. The summed E-state index contributed by atoms with van der Waals surface area (Å²) in [7, 11) is 0. The number of hydrogen-bond acceptors (Lipinski definition) is 2. The molecule has 1 atom stereocenters. The van der Waals surface area contributed by atoms with Crippen LogP contribution in [0.4, 0.5) is 5.69 Å². The van der Waals surface area contributed by atoms with Crippen LogP contribution in [0.15, 0.2) is 66.9 Å². The first kappa shape index (κ1) is 16.6. The van der Waals surface area contributed by atoms with E-state index in [2.05, 4.69) is 71.0 Å². The largest absolute Gasteiger partial charge is 0.377 e. The minimum atomic E-state index is 0.382. The van der Waals surface area contributed by atoms with Gasteiger partial charge < -0.3 is 5.32 Å². The topological polar surface area (TPSA) is 24.9 Å². The average Bonchev–Trinajstić information content (AvgIpc) is 2.71. The fraction of sp³-hybridized carbons (Fsp3) is 0.423. The second-order valence-electron chi connectivity index (χ2n) is 9.64. The lowest BCUT2D eigenvalue weighted by molar-refractivity contribution is -0.0639. The van der Waals surface area contributed by atoms with Crippen LogP contribution in [-0.4, -0.2) is 4.98 Å². The number of aromatic nitrogens is 1. The van der Waals surface area contributed by atoms with Gasteiger partial charge in [0.05, 0.1) is 11.6 Å². The van der Waals surface area contributed by atoms with Crippen LogP contribution < -0.4 is 5.32 Å². The molecule has 1 N–H and O–H groups in total. The van der Waals surface area contributed by atoms with Crippen LogP contribution in [0.3, 0.4) is 0 Å². The van der Waals surface area contributed by atoms with E-state index in [1.807, 2.05) is 6.20 Å². The van der Waals surface area contributed by atoms with Crippen molar-refractivity contribution in [3.63, 3.8) is 0 Å². The predicted octanol–water partition coefficient (Wildman–Crippen LogP) is 6.60. The van der Waals surface area contributed by atoms with Gasteiger partial charge in [-0.05, 0) is 79.4 Å². The highest BCUT2D eigenvalue weighted by molar-refractivity contribution is 5.91. The molecule has 7 rings (SSSR count). The van der Waals surface area contributed by atoms with Gasteiger partial charge >= 0.3 is 0 Å². The molecule has 28 heavy (non-hydrogen) atoms. The minimum Gasteiger partial charge on any atom is -0.377 e. The zero-order valence-electron chi connectivity index (χ0n) is 16.4. The summed E-state index contributed by atoms with van der Waals surface area (Å²) in [5.41, 5.74) is 4.16. The van der Waals surface area contributed by atoms with E-state index in [1.165, 1.54) is 55.2 Å². The maximum absolute atomic E-state index is 4.57. The molecule has 1 aromatic heterocycles. The van der Waals surface area contributed by atoms with Gasteiger partial charge in [0.1, 0.15) is 0 Å². The summed E-state index contributed by atoms with van der Waals surface area (Å²) in [6.45, 7) is 0. The van der Waals surface area contributed by atoms with E-state index in [4.69, 9.17) is 0 Å². The molecule has 2 aromatic carbocycles. The molecule has 1 heterocycles. The van der Waals surface area contributed by atoms with Crippen molar-refractivity contribution < 1.29 is 0 Å². The van der Waals surface area contributed by atoms with Crippen molar-refractivity contribution in [1.29, 1.82) is 0 Å². The molecule has 0 saturated heterocycles. The molecule has 0 radical (unpaired) electrons. The summed E-state index contributed by atoms with van der Waals surface area (Å²) >= 11 is 0. The highest BCUT2D eigenvalue weighted by atomic mass is 15.0. The maximum Gasteiger partial charge on any atom is 0.0722 e. The Morgan fingerprint density at radius 1 is 0.786 bits per heavy atom. The third-order valence-corrected chi connectivity index (χ3v) is 7.78. The Bertz CT molecular complexity index is 953. The standard InChI is InChI=1S/C26H28N2/c1-2-6-21(7-3-1)25(26-15-18-12-19(16-26)14-20(13-18)17-26)28-24-10-11-27-23-9-5-4-8-22(23)24/h1-11,18-20,25H,12-17H2,(H,27,28). The first-order valence-corrected chi connectivity index (χ1v) is 10.9. The smallest absolute Gasteiger partial charge is 0.0722 e. The lowest BCUT2D eigenvalue weighted by Gasteiger charge is -2.59. The molecule has 0 aliphatic heterocycles. The molecular formula is C26H28N2. The summed E-state index contributed by atoms with van der Waals surface area (Å²) in [6, 6.07) is 22.3. The summed E-state index contributed by atoms with van der Waals surface area (Å²) < 4.78 is 0. The van der Waals surface area contributed by atoms with Gasteiger partial charge in [-0.2, -0.15) is 0 Å². The fourth-order valence-corrected chi connectivity index (χ4v) is 7.14. The normalized spacial score (nSPS) is 31.8. The summed E-state index contributed by atoms with van der Waals surface area (Å²) in [5.74, 6) is 2.86. The van der Waals surface area contributed by atoms with E-state index in [1.54, 1.807) is 0 Å². The molecule has 4 aliphatic rings. The fourth-order valence-electron chi connectivity index (χ4n) is 7.14. The second-order valence-corrected chi connectivity index (χ2v) is 9.64. The Balaban J connectivity index is 1.45. The third kappa shape index (κ3) is 2.65. The van der Waals surface area contributed by atoms with E-state index in [9.17, 15) is 0 Å². The number of pyridine rings is 1.